The van der Waals surface area contributed by atoms with Gasteiger partial charge in [-0.05, 0) is 47.9 Å². The van der Waals surface area contributed by atoms with Crippen molar-refractivity contribution in [2.24, 2.45) is 10.2 Å². The minimum Gasteiger partial charge on any atom is -0.505 e. The number of hydrogen-bond donors (Lipinski definition) is 6. The summed E-state index contributed by atoms with van der Waals surface area (Å²) in [7, 11) is -15.0. The monoisotopic (exact) mass is 673 g/mol. The van der Waals surface area contributed by atoms with Gasteiger partial charge in [-0.25, -0.2) is 0 Å². The second-order valence-corrected chi connectivity index (χ2v) is 13.3. The van der Waals surface area contributed by atoms with E-state index in [1.807, 2.05) is 0 Å². The van der Waals surface area contributed by atoms with Crippen molar-refractivity contribution in [1.82, 2.24) is 15.0 Å². The Bertz CT molecular complexity index is 2350. The number of aromatic hydroxyl groups is 1. The molecule has 0 aliphatic rings. The molecule has 0 amide bonds. The Morgan fingerprint density at radius 2 is 1.36 bits per heavy atom. The topological polar surface area (TPSA) is 285 Å². The lowest BCUT2D eigenvalue weighted by atomic mass is 10.0. The molecule has 0 saturated carbocycles. The summed E-state index contributed by atoms with van der Waals surface area (Å²) in [6, 6.07) is 15.6. The summed E-state index contributed by atoms with van der Waals surface area (Å²) in [5, 5.41) is 20.9. The van der Waals surface area contributed by atoms with Crippen LogP contribution in [0.1, 0.15) is 0 Å². The summed E-state index contributed by atoms with van der Waals surface area (Å²) in [6.07, 6.45) is 0. The van der Waals surface area contributed by atoms with Crippen molar-refractivity contribution in [1.29, 1.82) is 0 Å². The van der Waals surface area contributed by atoms with Crippen LogP contribution in [0, 0.1) is 0 Å². The van der Waals surface area contributed by atoms with Crippen molar-refractivity contribution in [3.05, 3.63) is 72.8 Å². The molecule has 17 nitrogen and oxygen atoms in total. The van der Waals surface area contributed by atoms with Gasteiger partial charge in [-0.15, -0.1) is 10.2 Å². The summed E-state index contributed by atoms with van der Waals surface area (Å²) in [4.78, 5) is 9.65. The van der Waals surface area contributed by atoms with Gasteiger partial charge in [-0.3, -0.25) is 13.7 Å². The van der Waals surface area contributed by atoms with E-state index in [1.54, 1.807) is 30.3 Å². The third kappa shape index (κ3) is 6.69. The maximum atomic E-state index is 12.4. The van der Waals surface area contributed by atoms with E-state index >= 15 is 0 Å². The van der Waals surface area contributed by atoms with Crippen molar-refractivity contribution in [2.75, 3.05) is 11.1 Å². The smallest absolute Gasteiger partial charge is 0.296 e. The number of fused-ring (bicyclic) bond motifs is 1. The third-order valence-electron chi connectivity index (χ3n) is 6.02. The summed E-state index contributed by atoms with van der Waals surface area (Å²) in [6.45, 7) is 0. The van der Waals surface area contributed by atoms with Gasteiger partial charge in [0.15, 0.2) is 11.6 Å². The molecule has 0 saturated heterocycles. The average Bonchev–Trinajstić information content (AvgIpc) is 2.95. The molecule has 0 spiro atoms. The Labute approximate surface area is 254 Å². The van der Waals surface area contributed by atoms with E-state index < -0.39 is 62.2 Å². The Kier molecular flexibility index (Phi) is 7.95. The van der Waals surface area contributed by atoms with Crippen LogP contribution in [0.4, 0.5) is 29.0 Å². The van der Waals surface area contributed by atoms with Gasteiger partial charge >= 0.3 is 0 Å². The van der Waals surface area contributed by atoms with E-state index in [0.29, 0.717) is 5.69 Å². The summed E-state index contributed by atoms with van der Waals surface area (Å²) in [5.74, 6) is -1.85. The molecule has 1 heterocycles. The van der Waals surface area contributed by atoms with E-state index in [0.717, 1.165) is 30.3 Å². The molecule has 45 heavy (non-hydrogen) atoms. The number of rotatable bonds is 8. The van der Waals surface area contributed by atoms with Gasteiger partial charge in [0.25, 0.3) is 30.4 Å². The number of nitrogen functional groups attached to an aromatic ring is 1. The van der Waals surface area contributed by atoms with Gasteiger partial charge in [0.2, 0.25) is 11.9 Å². The van der Waals surface area contributed by atoms with Gasteiger partial charge < -0.3 is 16.2 Å². The van der Waals surface area contributed by atoms with Crippen LogP contribution >= 0.6 is 0 Å². The lowest BCUT2D eigenvalue weighted by molar-refractivity contribution is 0.472. The van der Waals surface area contributed by atoms with Crippen molar-refractivity contribution in [2.45, 2.75) is 14.7 Å². The van der Waals surface area contributed by atoms with Crippen molar-refractivity contribution in [3.8, 4) is 17.1 Å². The molecule has 0 aliphatic heterocycles. The first-order chi connectivity index (χ1) is 21.0. The molecular weight excluding hydrogens is 655 g/mol. The zero-order valence-corrected chi connectivity index (χ0v) is 24.7. The highest BCUT2D eigenvalue weighted by molar-refractivity contribution is 7.86. The molecule has 0 fully saturated rings. The van der Waals surface area contributed by atoms with Crippen LogP contribution in [0.3, 0.4) is 0 Å². The van der Waals surface area contributed by atoms with Crippen LogP contribution in [-0.4, -0.2) is 59.0 Å². The molecule has 0 bridgehead atoms. The van der Waals surface area contributed by atoms with Gasteiger partial charge in [-0.1, -0.05) is 30.3 Å². The minimum atomic E-state index is -5.23. The highest BCUT2D eigenvalue weighted by Crippen LogP contribution is 2.46. The molecule has 7 N–H and O–H groups in total. The largest absolute Gasteiger partial charge is 0.505 e. The van der Waals surface area contributed by atoms with Crippen molar-refractivity contribution >= 4 is 70.1 Å². The maximum Gasteiger partial charge on any atom is 0.296 e. The quantitative estimate of drug-likeness (QED) is 0.101. The predicted molar refractivity (Wildman–Crippen MR) is 159 cm³/mol. The van der Waals surface area contributed by atoms with Crippen LogP contribution < -0.4 is 11.1 Å². The first-order valence-electron chi connectivity index (χ1n) is 12.1. The van der Waals surface area contributed by atoms with E-state index in [9.17, 15) is 44.0 Å². The minimum absolute atomic E-state index is 0.120. The van der Waals surface area contributed by atoms with Gasteiger partial charge in [-0.2, -0.15) is 40.2 Å². The maximum absolute atomic E-state index is 12.4. The van der Waals surface area contributed by atoms with Crippen molar-refractivity contribution in [3.63, 3.8) is 0 Å². The van der Waals surface area contributed by atoms with Gasteiger partial charge in [0.1, 0.15) is 21.2 Å². The Balaban J connectivity index is 1.83. The first kappa shape index (κ1) is 31.3. The number of phenols is 1. The molecule has 232 valence electrons. The van der Waals surface area contributed by atoms with Gasteiger partial charge in [0.05, 0.1) is 4.90 Å². The molecule has 0 atom stereocenters. The number of nitrogens with zero attached hydrogens (tertiary/aromatic N) is 5. The molecule has 1 aromatic heterocycles. The predicted octanol–water partition coefficient (Wildman–Crippen LogP) is 3.88. The summed E-state index contributed by atoms with van der Waals surface area (Å²) >= 11 is 0. The van der Waals surface area contributed by atoms with Crippen LogP contribution in [0.25, 0.3) is 22.2 Å². The number of anilines is 3. The Hall–Kier alpha value is -5.12. The SMILES string of the molecule is Nc1nc(Nc2ccccc2)nc(-c2cc(S(=O)(=O)O)cc3cc(S(=O)(=O)O)c(N=Nc4ccccc4S(=O)(=O)O)c(O)c23)n1. The number of hydrogen-bond acceptors (Lipinski definition) is 14. The Morgan fingerprint density at radius 3 is 2.00 bits per heavy atom. The number of aromatic nitrogens is 3. The summed E-state index contributed by atoms with van der Waals surface area (Å²) in [5.41, 5.74) is 4.70. The van der Waals surface area contributed by atoms with E-state index in [-0.39, 0.29) is 34.1 Å². The molecule has 5 rings (SSSR count). The lowest BCUT2D eigenvalue weighted by Crippen LogP contribution is -2.06. The number of phenolic OH excluding ortho intramolecular Hbond substituents is 1. The number of nitrogens with one attached hydrogen (secondary N) is 1. The first-order valence-corrected chi connectivity index (χ1v) is 16.5. The summed E-state index contributed by atoms with van der Waals surface area (Å²) < 4.78 is 102. The van der Waals surface area contributed by atoms with Crippen LogP contribution in [0.5, 0.6) is 5.75 Å². The van der Waals surface area contributed by atoms with E-state index in [4.69, 9.17) is 5.73 Å². The van der Waals surface area contributed by atoms with Crippen molar-refractivity contribution < 1.29 is 44.0 Å². The fraction of sp³-hybridized carbons (Fsp3) is 0. The molecule has 20 heteroatoms. The number of nitrogens with two attached hydrogens (primary N) is 1. The number of azo groups is 1. The lowest BCUT2D eigenvalue weighted by Gasteiger charge is -2.14. The fourth-order valence-corrected chi connectivity index (χ4v) is 5.98. The highest BCUT2D eigenvalue weighted by Gasteiger charge is 2.27. The average molecular weight is 674 g/mol. The molecular formula is C25H19N7O10S3. The highest BCUT2D eigenvalue weighted by atomic mass is 32.2. The van der Waals surface area contributed by atoms with Gasteiger partial charge in [0, 0.05) is 16.6 Å². The van der Waals surface area contributed by atoms with Crippen LogP contribution in [0.2, 0.25) is 0 Å². The van der Waals surface area contributed by atoms with E-state index in [2.05, 4.69) is 30.5 Å². The fourth-order valence-electron chi connectivity index (χ4n) is 4.16. The zero-order valence-electron chi connectivity index (χ0n) is 22.2. The molecule has 5 aromatic rings. The Morgan fingerprint density at radius 1 is 0.711 bits per heavy atom. The normalized spacial score (nSPS) is 12.5. The van der Waals surface area contributed by atoms with E-state index in [1.165, 1.54) is 12.1 Å². The molecule has 0 radical (unpaired) electrons. The zero-order chi connectivity index (χ0) is 32.7. The van der Waals surface area contributed by atoms with Crippen LogP contribution in [0.15, 0.2) is 97.7 Å². The molecule has 0 aliphatic carbocycles. The standard InChI is InChI=1S/C25H19N7O10S3/c26-24-28-23(29-25(30-24)27-14-6-2-1-3-7-14)16-12-15(43(34,35)36)10-13-11-19(45(40,41)42)21(22(33)20(13)16)32-31-17-8-4-5-9-18(17)44(37,38)39/h1-12,33H,(H,34,35,36)(H,37,38,39)(H,40,41,42)(H3,26,27,28,29,30). The number of benzene rings is 4. The second kappa shape index (κ2) is 11.4. The van der Waals surface area contributed by atoms with Crippen LogP contribution in [-0.2, 0) is 30.4 Å². The third-order valence-corrected chi connectivity index (χ3v) is 8.62. The molecule has 4 aromatic carbocycles. The second-order valence-electron chi connectivity index (χ2n) is 9.07. The molecule has 0 unspecified atom stereocenters. The number of para-hydroxylation sites is 1.